The fourth-order valence-electron chi connectivity index (χ4n) is 2.93. The van der Waals surface area contributed by atoms with Gasteiger partial charge in [-0.2, -0.15) is 4.57 Å². The van der Waals surface area contributed by atoms with Crippen LogP contribution in [0.2, 0.25) is 0 Å². The second kappa shape index (κ2) is 7.86. The van der Waals surface area contributed by atoms with Crippen molar-refractivity contribution >= 4 is 18.7 Å². The molecule has 0 saturated heterocycles. The van der Waals surface area contributed by atoms with Crippen molar-refractivity contribution in [3.8, 4) is 17.2 Å². The smallest absolute Gasteiger partial charge is 0.386 e. The molecule has 0 radical (unpaired) electrons. The maximum Gasteiger partial charge on any atom is 0.647 e. The Kier molecular flexibility index (Phi) is 5.10. The molecular weight excluding hydrogens is 389 g/mol. The minimum Gasteiger partial charge on any atom is -0.386 e. The molecule has 4 aromatic rings. The van der Waals surface area contributed by atoms with Crippen LogP contribution in [0.5, 0.6) is 17.2 Å². The van der Waals surface area contributed by atoms with E-state index in [4.69, 9.17) is 13.6 Å². The van der Waals surface area contributed by atoms with Crippen molar-refractivity contribution in [3.05, 3.63) is 101 Å². The van der Waals surface area contributed by atoms with Gasteiger partial charge >= 0.3 is 7.82 Å². The zero-order valence-corrected chi connectivity index (χ0v) is 16.5. The second-order valence-electron chi connectivity index (χ2n) is 6.34. The lowest BCUT2D eigenvalue weighted by Crippen LogP contribution is -2.11. The first-order valence-electron chi connectivity index (χ1n) is 8.94. The Morgan fingerprint density at radius 3 is 1.93 bits per heavy atom. The minimum atomic E-state index is -4.18. The number of hydrogen-bond donors (Lipinski definition) is 1. The van der Waals surface area contributed by atoms with Crippen LogP contribution >= 0.6 is 7.82 Å². The molecule has 0 aliphatic rings. The van der Waals surface area contributed by atoms with E-state index in [1.165, 1.54) is 6.07 Å². The number of nitrogens with one attached hydrogen (secondary N) is 1. The first-order chi connectivity index (χ1) is 14.0. The predicted octanol–water partition coefficient (Wildman–Crippen LogP) is 5.48. The number of aryl methyl sites for hydroxylation is 1. The molecule has 0 amide bonds. The molecule has 6 nitrogen and oxygen atoms in total. The lowest BCUT2D eigenvalue weighted by Gasteiger charge is -2.20. The van der Waals surface area contributed by atoms with Crippen LogP contribution in [0.4, 0.5) is 0 Å². The van der Waals surface area contributed by atoms with Gasteiger partial charge in [-0.1, -0.05) is 48.5 Å². The van der Waals surface area contributed by atoms with Crippen molar-refractivity contribution < 1.29 is 18.1 Å². The van der Waals surface area contributed by atoms with Crippen LogP contribution in [-0.2, 0) is 4.57 Å². The van der Waals surface area contributed by atoms with Crippen molar-refractivity contribution in [2.45, 2.75) is 6.92 Å². The summed E-state index contributed by atoms with van der Waals surface area (Å²) < 4.78 is 30.7. The van der Waals surface area contributed by atoms with E-state index in [0.717, 1.165) is 5.56 Å². The summed E-state index contributed by atoms with van der Waals surface area (Å²) in [6, 6.07) is 23.9. The molecule has 1 aromatic heterocycles. The number of phosphoric acid groups is 1. The van der Waals surface area contributed by atoms with Gasteiger partial charge in [0.2, 0.25) is 0 Å². The van der Waals surface area contributed by atoms with Gasteiger partial charge in [0.1, 0.15) is 17.2 Å². The van der Waals surface area contributed by atoms with Crippen LogP contribution in [0, 0.1) is 6.92 Å². The summed E-state index contributed by atoms with van der Waals surface area (Å²) in [5.74, 6) is 0.757. The Morgan fingerprint density at radius 1 is 0.759 bits per heavy atom. The first kappa shape index (κ1) is 18.8. The number of fused-ring (bicyclic) bond motifs is 1. The summed E-state index contributed by atoms with van der Waals surface area (Å²) in [5, 5.41) is 0.626. The highest BCUT2D eigenvalue weighted by molar-refractivity contribution is 7.49. The molecule has 146 valence electrons. The fourth-order valence-corrected chi connectivity index (χ4v) is 4.18. The Labute approximate surface area is 167 Å². The van der Waals surface area contributed by atoms with Crippen molar-refractivity contribution in [1.29, 1.82) is 0 Å². The summed E-state index contributed by atoms with van der Waals surface area (Å²) in [7, 11) is -4.18. The molecule has 7 heteroatoms. The highest BCUT2D eigenvalue weighted by Crippen LogP contribution is 2.50. The summed E-state index contributed by atoms with van der Waals surface area (Å²) >= 11 is 0. The third kappa shape index (κ3) is 4.33. The Hall–Kier alpha value is -3.50. The van der Waals surface area contributed by atoms with Gasteiger partial charge in [0.25, 0.3) is 5.56 Å². The Balaban J connectivity index is 1.79. The molecule has 0 unspecified atom stereocenters. The van der Waals surface area contributed by atoms with Crippen LogP contribution in [-0.4, -0.2) is 4.98 Å². The molecule has 1 heterocycles. The zero-order chi connectivity index (χ0) is 20.3. The number of aromatic nitrogens is 1. The zero-order valence-electron chi connectivity index (χ0n) is 15.6. The van der Waals surface area contributed by atoms with E-state index < -0.39 is 7.82 Å². The lowest BCUT2D eigenvalue weighted by molar-refractivity contribution is 0.299. The maximum absolute atomic E-state index is 13.6. The average molecular weight is 407 g/mol. The van der Waals surface area contributed by atoms with Crippen molar-refractivity contribution in [2.24, 2.45) is 0 Å². The number of H-pyrrole nitrogens is 1. The van der Waals surface area contributed by atoms with E-state index in [0.29, 0.717) is 22.4 Å². The van der Waals surface area contributed by atoms with Crippen LogP contribution in [0.15, 0.2) is 89.7 Å². The van der Waals surface area contributed by atoms with Gasteiger partial charge in [0, 0.05) is 11.5 Å². The van der Waals surface area contributed by atoms with E-state index in [-0.39, 0.29) is 11.3 Å². The summed E-state index contributed by atoms with van der Waals surface area (Å²) in [4.78, 5) is 14.9. The van der Waals surface area contributed by atoms with E-state index in [1.807, 2.05) is 31.2 Å². The number of benzene rings is 3. The summed E-state index contributed by atoms with van der Waals surface area (Å²) in [6.45, 7) is 1.87. The normalized spacial score (nSPS) is 11.2. The van der Waals surface area contributed by atoms with Gasteiger partial charge in [0.05, 0.1) is 5.52 Å². The van der Waals surface area contributed by atoms with Crippen molar-refractivity contribution in [1.82, 2.24) is 4.98 Å². The standard InChI is InChI=1S/C22H18NO5P/c1-16-9-8-14-19-22(16)20(15-21(24)23-19)28-29(25,26-17-10-4-2-5-11-17)27-18-12-6-3-7-13-18/h2-15H,1H3,(H,23,24). The quantitative estimate of drug-likeness (QED) is 0.428. The molecule has 0 aliphatic heterocycles. The van der Waals surface area contributed by atoms with Gasteiger partial charge in [-0.05, 0) is 42.8 Å². The largest absolute Gasteiger partial charge is 0.647 e. The number of para-hydroxylation sites is 2. The third-order valence-corrected chi connectivity index (χ3v) is 5.46. The van der Waals surface area contributed by atoms with Crippen LogP contribution in [0.1, 0.15) is 5.56 Å². The number of aromatic amines is 1. The van der Waals surface area contributed by atoms with Gasteiger partial charge < -0.3 is 18.6 Å². The molecule has 0 saturated carbocycles. The van der Waals surface area contributed by atoms with E-state index >= 15 is 0 Å². The van der Waals surface area contributed by atoms with Gasteiger partial charge in [-0.3, -0.25) is 4.79 Å². The van der Waals surface area contributed by atoms with Crippen LogP contribution in [0.3, 0.4) is 0 Å². The van der Waals surface area contributed by atoms with E-state index in [2.05, 4.69) is 4.98 Å². The number of rotatable bonds is 6. The minimum absolute atomic E-state index is 0.122. The molecule has 0 spiro atoms. The Bertz CT molecular complexity index is 1190. The van der Waals surface area contributed by atoms with Gasteiger partial charge in [-0.25, -0.2) is 0 Å². The van der Waals surface area contributed by atoms with Crippen LogP contribution < -0.4 is 19.1 Å². The van der Waals surface area contributed by atoms with E-state index in [9.17, 15) is 9.36 Å². The molecular formula is C22H18NO5P. The maximum atomic E-state index is 13.6. The lowest BCUT2D eigenvalue weighted by atomic mass is 10.1. The average Bonchev–Trinajstić information content (AvgIpc) is 2.69. The summed E-state index contributed by atoms with van der Waals surface area (Å²) in [6.07, 6.45) is 0. The Morgan fingerprint density at radius 2 is 1.34 bits per heavy atom. The van der Waals surface area contributed by atoms with Crippen LogP contribution in [0.25, 0.3) is 10.9 Å². The summed E-state index contributed by atoms with van der Waals surface area (Å²) in [5.41, 5.74) is 1.03. The number of phosphoric ester groups is 1. The molecule has 3 aromatic carbocycles. The SMILES string of the molecule is Cc1cccc2[nH]c(=O)cc(OP(=O)(Oc3ccccc3)Oc3ccccc3)c12. The topological polar surface area (TPSA) is 77.6 Å². The molecule has 29 heavy (non-hydrogen) atoms. The molecule has 0 fully saturated rings. The number of pyridine rings is 1. The molecule has 1 N–H and O–H groups in total. The van der Waals surface area contributed by atoms with E-state index in [1.54, 1.807) is 54.6 Å². The molecule has 0 aliphatic carbocycles. The van der Waals surface area contributed by atoms with Crippen molar-refractivity contribution in [3.63, 3.8) is 0 Å². The fraction of sp³-hybridized carbons (Fsp3) is 0.0455. The third-order valence-electron chi connectivity index (χ3n) is 4.17. The van der Waals surface area contributed by atoms with Gasteiger partial charge in [0.15, 0.2) is 0 Å². The number of hydrogen-bond acceptors (Lipinski definition) is 5. The van der Waals surface area contributed by atoms with Gasteiger partial charge in [-0.15, -0.1) is 0 Å². The predicted molar refractivity (Wildman–Crippen MR) is 112 cm³/mol. The molecule has 0 atom stereocenters. The monoisotopic (exact) mass is 407 g/mol. The molecule has 4 rings (SSSR count). The highest BCUT2D eigenvalue weighted by Gasteiger charge is 2.34. The first-order valence-corrected chi connectivity index (χ1v) is 10.4. The molecule has 0 bridgehead atoms. The van der Waals surface area contributed by atoms with Crippen molar-refractivity contribution in [2.75, 3.05) is 0 Å². The second-order valence-corrected chi connectivity index (χ2v) is 7.78. The highest BCUT2D eigenvalue weighted by atomic mass is 31.2.